The van der Waals surface area contributed by atoms with Crippen LogP contribution in [0.15, 0.2) is 71.2 Å². The molecule has 42 heavy (non-hydrogen) atoms. The van der Waals surface area contributed by atoms with Crippen LogP contribution in [0.4, 0.5) is 5.69 Å². The molecule has 3 amide bonds. The van der Waals surface area contributed by atoms with Crippen LogP contribution in [-0.2, 0) is 22.6 Å². The smallest absolute Gasteiger partial charge is 0.251 e. The number of amides is 3. The van der Waals surface area contributed by atoms with E-state index in [9.17, 15) is 14.4 Å². The zero-order valence-electron chi connectivity index (χ0n) is 24.1. The van der Waals surface area contributed by atoms with E-state index in [1.54, 1.807) is 18.7 Å². The van der Waals surface area contributed by atoms with Gasteiger partial charge in [-0.15, -0.1) is 0 Å². The summed E-state index contributed by atoms with van der Waals surface area (Å²) >= 11 is 3.78. The Hall–Kier alpha value is -3.95. The van der Waals surface area contributed by atoms with E-state index < -0.39 is 11.6 Å². The summed E-state index contributed by atoms with van der Waals surface area (Å²) in [5.41, 5.74) is 11.3. The second kappa shape index (κ2) is 12.1. The van der Waals surface area contributed by atoms with Crippen molar-refractivity contribution in [2.24, 2.45) is 5.73 Å². The van der Waals surface area contributed by atoms with Crippen molar-refractivity contribution in [3.8, 4) is 11.3 Å². The number of halogens is 1. The molecule has 0 spiro atoms. The standard InChI is InChI=1S/C33H36BrN5O3/c1-4-36-31(41)23-11-7-6-10-22(23)30-29(34)24-17-20(13-15-25(24)38-30)19-39-27-12-8-5-9-21(27)14-16-26(32(39)42)37-28(40)18-33(2,3)35/h5-13,15,17,26,38H,4,14,16,18-19,35H2,1-3H3,(H,36,41)(H,37,40)/t26-/m1/s1. The monoisotopic (exact) mass is 629 g/mol. The molecular formula is C33H36BrN5O3. The van der Waals surface area contributed by atoms with E-state index in [1.807, 2.05) is 67.6 Å². The summed E-state index contributed by atoms with van der Waals surface area (Å²) in [6.45, 7) is 6.36. The molecule has 5 N–H and O–H groups in total. The maximum Gasteiger partial charge on any atom is 0.251 e. The van der Waals surface area contributed by atoms with Gasteiger partial charge >= 0.3 is 0 Å². The fourth-order valence-electron chi connectivity index (χ4n) is 5.50. The maximum absolute atomic E-state index is 13.9. The van der Waals surface area contributed by atoms with Crippen LogP contribution in [0.2, 0.25) is 0 Å². The fraction of sp³-hybridized carbons (Fsp3) is 0.303. The molecule has 1 aliphatic rings. The van der Waals surface area contributed by atoms with E-state index in [4.69, 9.17) is 5.73 Å². The number of H-pyrrole nitrogens is 1. The Labute approximate surface area is 254 Å². The number of benzene rings is 3. The van der Waals surface area contributed by atoms with Gasteiger partial charge in [0.1, 0.15) is 6.04 Å². The van der Waals surface area contributed by atoms with Crippen molar-refractivity contribution in [2.45, 2.75) is 58.2 Å². The summed E-state index contributed by atoms with van der Waals surface area (Å²) in [6.07, 6.45) is 1.32. The zero-order chi connectivity index (χ0) is 30.0. The number of aryl methyl sites for hydroxylation is 1. The molecule has 0 saturated heterocycles. The Kier molecular flexibility index (Phi) is 8.52. The quantitative estimate of drug-likeness (QED) is 0.207. The highest BCUT2D eigenvalue weighted by Crippen LogP contribution is 2.37. The minimum absolute atomic E-state index is 0.130. The Balaban J connectivity index is 1.48. The number of hydrogen-bond donors (Lipinski definition) is 4. The minimum atomic E-state index is -0.668. The van der Waals surface area contributed by atoms with Crippen LogP contribution in [0.5, 0.6) is 0 Å². The number of nitrogens with two attached hydrogens (primary N) is 1. The van der Waals surface area contributed by atoms with Gasteiger partial charge < -0.3 is 26.3 Å². The second-order valence-electron chi connectivity index (χ2n) is 11.5. The van der Waals surface area contributed by atoms with Crippen molar-refractivity contribution >= 4 is 50.2 Å². The highest BCUT2D eigenvalue weighted by molar-refractivity contribution is 9.10. The lowest BCUT2D eigenvalue weighted by atomic mass is 10.0. The number of fused-ring (bicyclic) bond motifs is 2. The van der Waals surface area contributed by atoms with Gasteiger partial charge in [0.15, 0.2) is 0 Å². The van der Waals surface area contributed by atoms with E-state index in [2.05, 4.69) is 37.6 Å². The number of carbonyl (C=O) groups is 3. The van der Waals surface area contributed by atoms with Gasteiger partial charge in [-0.25, -0.2) is 0 Å². The van der Waals surface area contributed by atoms with Crippen molar-refractivity contribution in [1.29, 1.82) is 0 Å². The Morgan fingerprint density at radius 2 is 1.83 bits per heavy atom. The summed E-state index contributed by atoms with van der Waals surface area (Å²) in [5.74, 6) is -0.507. The Morgan fingerprint density at radius 3 is 2.60 bits per heavy atom. The summed E-state index contributed by atoms with van der Waals surface area (Å²) in [5, 5.41) is 6.77. The van der Waals surface area contributed by atoms with Crippen LogP contribution < -0.4 is 21.3 Å². The Bertz CT molecular complexity index is 1660. The third-order valence-corrected chi connectivity index (χ3v) is 8.24. The van der Waals surface area contributed by atoms with Gasteiger partial charge in [0.25, 0.3) is 5.91 Å². The van der Waals surface area contributed by atoms with E-state index in [0.717, 1.165) is 43.4 Å². The number of hydrogen-bond acceptors (Lipinski definition) is 4. The van der Waals surface area contributed by atoms with E-state index in [-0.39, 0.29) is 24.1 Å². The third kappa shape index (κ3) is 6.27. The second-order valence-corrected chi connectivity index (χ2v) is 12.3. The summed E-state index contributed by atoms with van der Waals surface area (Å²) in [7, 11) is 0. The van der Waals surface area contributed by atoms with Crippen LogP contribution >= 0.6 is 15.9 Å². The first-order valence-corrected chi connectivity index (χ1v) is 15.0. The molecule has 8 nitrogen and oxygen atoms in total. The van der Waals surface area contributed by atoms with Crippen molar-refractivity contribution in [2.75, 3.05) is 11.4 Å². The van der Waals surface area contributed by atoms with Crippen molar-refractivity contribution in [1.82, 2.24) is 15.6 Å². The van der Waals surface area contributed by atoms with Gasteiger partial charge in [0.2, 0.25) is 11.8 Å². The first kappa shape index (κ1) is 29.5. The van der Waals surface area contributed by atoms with Crippen molar-refractivity contribution < 1.29 is 14.4 Å². The lowest BCUT2D eigenvalue weighted by Gasteiger charge is -2.27. The molecule has 0 radical (unpaired) electrons. The predicted octanol–water partition coefficient (Wildman–Crippen LogP) is 5.44. The SMILES string of the molecule is CCNC(=O)c1ccccc1-c1[nH]c2ccc(CN3C(=O)[C@H](NC(=O)CC(C)(C)N)CCc4ccccc43)cc2c1Br. The van der Waals surface area contributed by atoms with Gasteiger partial charge in [-0.1, -0.05) is 42.5 Å². The van der Waals surface area contributed by atoms with E-state index in [1.165, 1.54) is 0 Å². The van der Waals surface area contributed by atoms with Gasteiger partial charge in [0.05, 0.1) is 16.7 Å². The Morgan fingerprint density at radius 1 is 1.10 bits per heavy atom. The lowest BCUT2D eigenvalue weighted by Crippen LogP contribution is -2.49. The molecule has 1 aromatic heterocycles. The number of para-hydroxylation sites is 1. The summed E-state index contributed by atoms with van der Waals surface area (Å²) < 4.78 is 0.841. The van der Waals surface area contributed by atoms with E-state index in [0.29, 0.717) is 31.5 Å². The molecule has 0 fully saturated rings. The predicted molar refractivity (Wildman–Crippen MR) is 170 cm³/mol. The summed E-state index contributed by atoms with van der Waals surface area (Å²) in [6, 6.07) is 20.8. The van der Waals surface area contributed by atoms with Crippen LogP contribution in [0, 0.1) is 0 Å². The van der Waals surface area contributed by atoms with Crippen molar-refractivity contribution in [3.05, 3.63) is 87.9 Å². The molecule has 9 heteroatoms. The zero-order valence-corrected chi connectivity index (χ0v) is 25.7. The molecule has 4 aromatic rings. The van der Waals surface area contributed by atoms with E-state index >= 15 is 0 Å². The molecule has 0 unspecified atom stereocenters. The fourth-order valence-corrected chi connectivity index (χ4v) is 6.14. The number of carbonyl (C=O) groups excluding carboxylic acids is 3. The molecule has 0 aliphatic carbocycles. The largest absolute Gasteiger partial charge is 0.354 e. The highest BCUT2D eigenvalue weighted by atomic mass is 79.9. The van der Waals surface area contributed by atoms with Gasteiger partial charge in [-0.3, -0.25) is 14.4 Å². The molecule has 1 aliphatic heterocycles. The summed E-state index contributed by atoms with van der Waals surface area (Å²) in [4.78, 5) is 44.6. The first-order chi connectivity index (χ1) is 20.1. The van der Waals surface area contributed by atoms with Crippen LogP contribution in [0.1, 0.15) is 55.1 Å². The average Bonchev–Trinajstić information content (AvgIpc) is 3.22. The lowest BCUT2D eigenvalue weighted by molar-refractivity contribution is -0.128. The van der Waals surface area contributed by atoms with Crippen LogP contribution in [-0.4, -0.2) is 40.8 Å². The molecule has 5 rings (SSSR count). The molecule has 1 atom stereocenters. The normalized spacial score (nSPS) is 15.3. The molecule has 0 bridgehead atoms. The number of aromatic nitrogens is 1. The number of rotatable bonds is 8. The molecule has 0 saturated carbocycles. The van der Waals surface area contributed by atoms with Crippen LogP contribution in [0.3, 0.4) is 0 Å². The third-order valence-electron chi connectivity index (χ3n) is 7.42. The average molecular weight is 631 g/mol. The number of anilines is 1. The molecular weight excluding hydrogens is 594 g/mol. The van der Waals surface area contributed by atoms with Gasteiger partial charge in [0, 0.05) is 46.2 Å². The first-order valence-electron chi connectivity index (χ1n) is 14.2. The molecule has 2 heterocycles. The number of aromatic amines is 1. The highest BCUT2D eigenvalue weighted by Gasteiger charge is 2.32. The van der Waals surface area contributed by atoms with Crippen molar-refractivity contribution in [3.63, 3.8) is 0 Å². The minimum Gasteiger partial charge on any atom is -0.354 e. The topological polar surface area (TPSA) is 120 Å². The maximum atomic E-state index is 13.9. The number of nitrogens with zero attached hydrogens (tertiary/aromatic N) is 1. The van der Waals surface area contributed by atoms with Gasteiger partial charge in [-0.2, -0.15) is 0 Å². The van der Waals surface area contributed by atoms with Crippen LogP contribution in [0.25, 0.3) is 22.2 Å². The molecule has 218 valence electrons. The molecule has 3 aromatic carbocycles. The van der Waals surface area contributed by atoms with Gasteiger partial charge in [-0.05, 0) is 84.9 Å². The number of nitrogens with one attached hydrogen (secondary N) is 3.